The second kappa shape index (κ2) is 8.98. The molecule has 1 aromatic carbocycles. The van der Waals surface area contributed by atoms with Gasteiger partial charge in [0.1, 0.15) is 18.2 Å². The Balaban J connectivity index is 1.38. The molecule has 0 bridgehead atoms. The van der Waals surface area contributed by atoms with Gasteiger partial charge in [-0.25, -0.2) is 19.9 Å². The van der Waals surface area contributed by atoms with Gasteiger partial charge in [0, 0.05) is 62.6 Å². The number of ether oxygens (including phenoxy) is 1. The van der Waals surface area contributed by atoms with Gasteiger partial charge in [-0.1, -0.05) is 24.3 Å². The molecule has 0 saturated carbocycles. The Morgan fingerprint density at radius 3 is 2.72 bits per heavy atom. The number of morpholine rings is 1. The molecule has 4 heterocycles. The third-order valence-corrected chi connectivity index (χ3v) is 5.71. The summed E-state index contributed by atoms with van der Waals surface area (Å²) in [6.45, 7) is 3.14. The quantitative estimate of drug-likeness (QED) is 0.482. The first-order valence-electron chi connectivity index (χ1n) is 10.8. The van der Waals surface area contributed by atoms with Crippen LogP contribution >= 0.6 is 0 Å². The second-order valence-corrected chi connectivity index (χ2v) is 8.23. The third-order valence-electron chi connectivity index (χ3n) is 5.71. The number of fused-ring (bicyclic) bond motifs is 1. The summed E-state index contributed by atoms with van der Waals surface area (Å²) in [6, 6.07) is 16.6. The monoisotopic (exact) mass is 426 g/mol. The van der Waals surface area contributed by atoms with Crippen molar-refractivity contribution in [1.82, 2.24) is 24.8 Å². The molecule has 0 aliphatic carbocycles. The van der Waals surface area contributed by atoms with Crippen LogP contribution in [0.25, 0.3) is 22.2 Å². The standard InChI is InChI=1S/C25H26N6O/c1-30(2)25-19(12-18-6-3-4-7-21(18)29-25)15-31-10-11-32-24(16-31)23-9-5-8-22(28-23)20-13-26-17-27-14-20/h3-9,12-14,17,24H,10-11,15-16H2,1-2H3/t24-/m0/s1. The molecule has 7 heteroatoms. The van der Waals surface area contributed by atoms with Crippen molar-refractivity contribution in [3.8, 4) is 11.3 Å². The molecule has 0 amide bonds. The fourth-order valence-electron chi connectivity index (χ4n) is 4.14. The molecule has 0 spiro atoms. The van der Waals surface area contributed by atoms with E-state index in [4.69, 9.17) is 14.7 Å². The average Bonchev–Trinajstić information content (AvgIpc) is 2.84. The minimum atomic E-state index is -0.0791. The molecule has 1 saturated heterocycles. The number of hydrogen-bond donors (Lipinski definition) is 0. The number of anilines is 1. The fraction of sp³-hybridized carbons (Fsp3) is 0.280. The molecule has 32 heavy (non-hydrogen) atoms. The minimum absolute atomic E-state index is 0.0791. The van der Waals surface area contributed by atoms with Gasteiger partial charge in [0.2, 0.25) is 0 Å². The van der Waals surface area contributed by atoms with Crippen molar-refractivity contribution in [3.63, 3.8) is 0 Å². The lowest BCUT2D eigenvalue weighted by Gasteiger charge is -2.33. The van der Waals surface area contributed by atoms with E-state index in [1.165, 1.54) is 11.9 Å². The fourth-order valence-corrected chi connectivity index (χ4v) is 4.14. The summed E-state index contributed by atoms with van der Waals surface area (Å²) in [4.78, 5) is 22.5. The van der Waals surface area contributed by atoms with E-state index in [-0.39, 0.29) is 6.10 Å². The van der Waals surface area contributed by atoms with Gasteiger partial charge in [-0.05, 0) is 24.3 Å². The van der Waals surface area contributed by atoms with E-state index in [0.717, 1.165) is 53.3 Å². The summed E-state index contributed by atoms with van der Waals surface area (Å²) in [5.74, 6) is 1.01. The molecule has 3 aromatic heterocycles. The van der Waals surface area contributed by atoms with Crippen molar-refractivity contribution in [1.29, 1.82) is 0 Å². The van der Waals surface area contributed by atoms with Crippen LogP contribution in [-0.2, 0) is 11.3 Å². The van der Waals surface area contributed by atoms with Gasteiger partial charge in [-0.15, -0.1) is 0 Å². The van der Waals surface area contributed by atoms with Gasteiger partial charge in [0.25, 0.3) is 0 Å². The molecule has 0 radical (unpaired) electrons. The maximum atomic E-state index is 6.11. The van der Waals surface area contributed by atoms with Crippen LogP contribution in [0.5, 0.6) is 0 Å². The number of nitrogens with zero attached hydrogens (tertiary/aromatic N) is 6. The summed E-state index contributed by atoms with van der Waals surface area (Å²) in [6.07, 6.45) is 5.01. The van der Waals surface area contributed by atoms with Crippen molar-refractivity contribution in [3.05, 3.63) is 78.5 Å². The SMILES string of the molecule is CN(C)c1nc2ccccc2cc1CN1CCO[C@H](c2cccc(-c3cncnc3)n2)C1. The highest BCUT2D eigenvalue weighted by Crippen LogP contribution is 2.27. The molecule has 5 rings (SSSR count). The number of hydrogen-bond acceptors (Lipinski definition) is 7. The maximum absolute atomic E-state index is 6.11. The van der Waals surface area contributed by atoms with Crippen molar-refractivity contribution in [2.45, 2.75) is 12.6 Å². The normalized spacial score (nSPS) is 16.9. The second-order valence-electron chi connectivity index (χ2n) is 8.23. The predicted molar refractivity (Wildman–Crippen MR) is 125 cm³/mol. The van der Waals surface area contributed by atoms with E-state index in [0.29, 0.717) is 6.61 Å². The van der Waals surface area contributed by atoms with Crippen molar-refractivity contribution < 1.29 is 4.74 Å². The highest BCUT2D eigenvalue weighted by Gasteiger charge is 2.24. The van der Waals surface area contributed by atoms with Gasteiger partial charge < -0.3 is 9.64 Å². The lowest BCUT2D eigenvalue weighted by molar-refractivity contribution is -0.0349. The van der Waals surface area contributed by atoms with Gasteiger partial charge in [0.15, 0.2) is 0 Å². The lowest BCUT2D eigenvalue weighted by Crippen LogP contribution is -2.38. The first-order valence-corrected chi connectivity index (χ1v) is 10.8. The van der Waals surface area contributed by atoms with Crippen LogP contribution in [0.4, 0.5) is 5.82 Å². The smallest absolute Gasteiger partial charge is 0.133 e. The number of rotatable bonds is 5. The number of benzene rings is 1. The Bertz CT molecular complexity index is 1210. The van der Waals surface area contributed by atoms with Crippen LogP contribution in [-0.4, -0.2) is 58.6 Å². The zero-order valence-electron chi connectivity index (χ0n) is 18.3. The highest BCUT2D eigenvalue weighted by molar-refractivity contribution is 5.81. The Morgan fingerprint density at radius 2 is 1.88 bits per heavy atom. The van der Waals surface area contributed by atoms with Crippen LogP contribution in [0.1, 0.15) is 17.4 Å². The molecule has 1 aliphatic heterocycles. The van der Waals surface area contributed by atoms with E-state index < -0.39 is 0 Å². The van der Waals surface area contributed by atoms with Crippen molar-refractivity contribution in [2.75, 3.05) is 38.7 Å². The Kier molecular flexibility index (Phi) is 5.75. The molecular formula is C25H26N6O. The van der Waals surface area contributed by atoms with Crippen LogP contribution in [0.3, 0.4) is 0 Å². The van der Waals surface area contributed by atoms with Gasteiger partial charge in [-0.3, -0.25) is 4.90 Å². The minimum Gasteiger partial charge on any atom is -0.369 e. The van der Waals surface area contributed by atoms with Gasteiger partial charge in [0.05, 0.1) is 23.5 Å². The van der Waals surface area contributed by atoms with Crippen LogP contribution in [0.15, 0.2) is 67.3 Å². The van der Waals surface area contributed by atoms with E-state index in [1.807, 2.05) is 38.4 Å². The van der Waals surface area contributed by atoms with Crippen LogP contribution < -0.4 is 4.90 Å². The molecule has 4 aromatic rings. The molecule has 7 nitrogen and oxygen atoms in total. The molecule has 0 N–H and O–H groups in total. The van der Waals surface area contributed by atoms with Gasteiger partial charge >= 0.3 is 0 Å². The van der Waals surface area contributed by atoms with Crippen LogP contribution in [0.2, 0.25) is 0 Å². The Labute approximate surface area is 187 Å². The molecule has 1 aliphatic rings. The molecule has 1 fully saturated rings. The number of pyridine rings is 2. The molecule has 1 atom stereocenters. The summed E-state index contributed by atoms with van der Waals surface area (Å²) < 4.78 is 6.11. The van der Waals surface area contributed by atoms with Crippen molar-refractivity contribution in [2.24, 2.45) is 0 Å². The topological polar surface area (TPSA) is 67.3 Å². The zero-order valence-corrected chi connectivity index (χ0v) is 18.3. The number of para-hydroxylation sites is 1. The third kappa shape index (κ3) is 4.30. The zero-order chi connectivity index (χ0) is 21.9. The highest BCUT2D eigenvalue weighted by atomic mass is 16.5. The first-order chi connectivity index (χ1) is 15.7. The molecule has 0 unspecified atom stereocenters. The van der Waals surface area contributed by atoms with Gasteiger partial charge in [-0.2, -0.15) is 0 Å². The largest absolute Gasteiger partial charge is 0.369 e. The lowest BCUT2D eigenvalue weighted by atomic mass is 10.1. The molecular weight excluding hydrogens is 400 g/mol. The van der Waals surface area contributed by atoms with E-state index in [9.17, 15) is 0 Å². The van der Waals surface area contributed by atoms with Crippen LogP contribution in [0, 0.1) is 0 Å². The predicted octanol–water partition coefficient (Wildman–Crippen LogP) is 3.73. The summed E-state index contributed by atoms with van der Waals surface area (Å²) >= 11 is 0. The summed E-state index contributed by atoms with van der Waals surface area (Å²) in [5, 5.41) is 1.16. The van der Waals surface area contributed by atoms with E-state index in [1.54, 1.807) is 12.4 Å². The first kappa shape index (κ1) is 20.5. The number of aromatic nitrogens is 4. The Hall–Kier alpha value is -3.42. The van der Waals surface area contributed by atoms with E-state index >= 15 is 0 Å². The maximum Gasteiger partial charge on any atom is 0.133 e. The summed E-state index contributed by atoms with van der Waals surface area (Å²) in [7, 11) is 4.09. The van der Waals surface area contributed by atoms with E-state index in [2.05, 4.69) is 44.0 Å². The summed E-state index contributed by atoms with van der Waals surface area (Å²) in [5.41, 5.74) is 4.93. The average molecular weight is 427 g/mol. The molecule has 162 valence electrons. The van der Waals surface area contributed by atoms with Crippen molar-refractivity contribution >= 4 is 16.7 Å². The Morgan fingerprint density at radius 1 is 1.03 bits per heavy atom.